The van der Waals surface area contributed by atoms with E-state index in [1.807, 2.05) is 6.08 Å². The zero-order valence-electron chi connectivity index (χ0n) is 10.9. The van der Waals surface area contributed by atoms with Crippen LogP contribution in [-0.2, 0) is 0 Å². The molecular formula is C15H21FO2. The standard InChI is InChI=1S/C15H21FO2/c1-3-4-5-6-7-10-13(17)15-12(16)9-8-11-14(15)18-2/h3,8-9,11,13,17H,1,4-7,10H2,2H3. The van der Waals surface area contributed by atoms with Gasteiger partial charge in [0.1, 0.15) is 11.6 Å². The molecule has 0 saturated carbocycles. The summed E-state index contributed by atoms with van der Waals surface area (Å²) in [6.45, 7) is 3.66. The highest BCUT2D eigenvalue weighted by Crippen LogP contribution is 2.30. The van der Waals surface area contributed by atoms with E-state index in [0.29, 0.717) is 12.2 Å². The molecule has 100 valence electrons. The molecule has 1 unspecified atom stereocenters. The van der Waals surface area contributed by atoms with E-state index in [1.165, 1.54) is 13.2 Å². The van der Waals surface area contributed by atoms with Crippen LogP contribution in [0.2, 0.25) is 0 Å². The Labute approximate surface area is 108 Å². The van der Waals surface area contributed by atoms with Crippen molar-refractivity contribution in [2.45, 2.75) is 38.2 Å². The fraction of sp³-hybridized carbons (Fsp3) is 0.467. The van der Waals surface area contributed by atoms with Gasteiger partial charge >= 0.3 is 0 Å². The topological polar surface area (TPSA) is 29.5 Å². The molecular weight excluding hydrogens is 231 g/mol. The lowest BCUT2D eigenvalue weighted by Crippen LogP contribution is -2.03. The quantitative estimate of drug-likeness (QED) is 0.559. The van der Waals surface area contributed by atoms with Crippen molar-refractivity contribution in [3.05, 3.63) is 42.2 Å². The Kier molecular flexibility index (Phi) is 6.44. The predicted octanol–water partition coefficient (Wildman–Crippen LogP) is 4.00. The minimum Gasteiger partial charge on any atom is -0.496 e. The Hall–Kier alpha value is -1.35. The third-order valence-electron chi connectivity index (χ3n) is 2.95. The van der Waals surface area contributed by atoms with Crippen LogP contribution in [-0.4, -0.2) is 12.2 Å². The van der Waals surface area contributed by atoms with E-state index in [4.69, 9.17) is 4.74 Å². The summed E-state index contributed by atoms with van der Waals surface area (Å²) in [6.07, 6.45) is 5.56. The molecule has 0 fully saturated rings. The van der Waals surface area contributed by atoms with Crippen molar-refractivity contribution in [1.29, 1.82) is 0 Å². The molecule has 0 saturated heterocycles. The van der Waals surface area contributed by atoms with Gasteiger partial charge in [0.2, 0.25) is 0 Å². The van der Waals surface area contributed by atoms with Crippen LogP contribution < -0.4 is 4.74 Å². The summed E-state index contributed by atoms with van der Waals surface area (Å²) in [5.74, 6) is 0.00142. The van der Waals surface area contributed by atoms with Crippen molar-refractivity contribution in [3.63, 3.8) is 0 Å². The van der Waals surface area contributed by atoms with Crippen molar-refractivity contribution >= 4 is 0 Å². The second-order valence-electron chi connectivity index (χ2n) is 4.30. The average Bonchev–Trinajstić information content (AvgIpc) is 2.37. The lowest BCUT2D eigenvalue weighted by molar-refractivity contribution is 0.154. The van der Waals surface area contributed by atoms with Gasteiger partial charge in [-0.05, 0) is 31.4 Å². The second kappa shape index (κ2) is 7.88. The largest absolute Gasteiger partial charge is 0.496 e. The second-order valence-corrected chi connectivity index (χ2v) is 4.30. The van der Waals surface area contributed by atoms with Crippen LogP contribution in [0.3, 0.4) is 0 Å². The summed E-state index contributed by atoms with van der Waals surface area (Å²) in [4.78, 5) is 0. The summed E-state index contributed by atoms with van der Waals surface area (Å²) in [5, 5.41) is 10.0. The molecule has 2 nitrogen and oxygen atoms in total. The van der Waals surface area contributed by atoms with E-state index in [0.717, 1.165) is 25.7 Å². The number of unbranched alkanes of at least 4 members (excludes halogenated alkanes) is 3. The molecule has 0 aliphatic carbocycles. The first kappa shape index (κ1) is 14.7. The van der Waals surface area contributed by atoms with E-state index in [9.17, 15) is 9.50 Å². The molecule has 18 heavy (non-hydrogen) atoms. The van der Waals surface area contributed by atoms with Gasteiger partial charge in [-0.1, -0.05) is 25.0 Å². The highest BCUT2D eigenvalue weighted by Gasteiger charge is 2.17. The molecule has 0 bridgehead atoms. The Balaban J connectivity index is 2.55. The summed E-state index contributed by atoms with van der Waals surface area (Å²) >= 11 is 0. The molecule has 0 aliphatic rings. The number of aliphatic hydroxyl groups is 1. The summed E-state index contributed by atoms with van der Waals surface area (Å²) in [7, 11) is 1.48. The van der Waals surface area contributed by atoms with Crippen LogP contribution in [0.5, 0.6) is 5.75 Å². The van der Waals surface area contributed by atoms with Crippen molar-refractivity contribution in [3.8, 4) is 5.75 Å². The van der Waals surface area contributed by atoms with E-state index >= 15 is 0 Å². The number of aliphatic hydroxyl groups excluding tert-OH is 1. The minimum absolute atomic E-state index is 0.267. The molecule has 0 radical (unpaired) electrons. The lowest BCUT2D eigenvalue weighted by Gasteiger charge is -2.15. The maximum Gasteiger partial charge on any atom is 0.132 e. The molecule has 1 aromatic rings. The summed E-state index contributed by atoms with van der Waals surface area (Å²) in [6, 6.07) is 4.59. The van der Waals surface area contributed by atoms with Gasteiger partial charge in [-0.15, -0.1) is 6.58 Å². The first-order valence-corrected chi connectivity index (χ1v) is 6.32. The zero-order chi connectivity index (χ0) is 13.4. The van der Waals surface area contributed by atoms with Gasteiger partial charge in [0.05, 0.1) is 18.8 Å². The predicted molar refractivity (Wildman–Crippen MR) is 71.2 cm³/mol. The third-order valence-corrected chi connectivity index (χ3v) is 2.95. The first-order chi connectivity index (χ1) is 8.70. The number of allylic oxidation sites excluding steroid dienone is 1. The Morgan fingerprint density at radius 2 is 2.17 bits per heavy atom. The van der Waals surface area contributed by atoms with Crippen molar-refractivity contribution in [1.82, 2.24) is 0 Å². The van der Waals surface area contributed by atoms with Crippen LogP contribution in [0.1, 0.15) is 43.8 Å². The third kappa shape index (κ3) is 4.15. The number of rotatable bonds is 8. The van der Waals surface area contributed by atoms with Crippen LogP contribution in [0, 0.1) is 5.82 Å². The van der Waals surface area contributed by atoms with Crippen LogP contribution in [0.25, 0.3) is 0 Å². The number of halogens is 1. The highest BCUT2D eigenvalue weighted by atomic mass is 19.1. The Morgan fingerprint density at radius 1 is 1.39 bits per heavy atom. The minimum atomic E-state index is -0.801. The fourth-order valence-electron chi connectivity index (χ4n) is 1.97. The highest BCUT2D eigenvalue weighted by molar-refractivity contribution is 5.36. The van der Waals surface area contributed by atoms with E-state index in [-0.39, 0.29) is 5.56 Å². The SMILES string of the molecule is C=CCCCCCC(O)c1c(F)cccc1OC. The number of hydrogen-bond donors (Lipinski definition) is 1. The van der Waals surface area contributed by atoms with Gasteiger partial charge in [-0.2, -0.15) is 0 Å². The molecule has 1 N–H and O–H groups in total. The summed E-state index contributed by atoms with van der Waals surface area (Å²) in [5.41, 5.74) is 0.267. The molecule has 1 rings (SSSR count). The Bertz CT molecular complexity index is 377. The van der Waals surface area contributed by atoms with Gasteiger partial charge < -0.3 is 9.84 Å². The van der Waals surface area contributed by atoms with Gasteiger partial charge in [0.25, 0.3) is 0 Å². The zero-order valence-corrected chi connectivity index (χ0v) is 10.9. The molecule has 3 heteroatoms. The molecule has 0 amide bonds. The van der Waals surface area contributed by atoms with Gasteiger partial charge in [-0.3, -0.25) is 0 Å². The monoisotopic (exact) mass is 252 g/mol. The van der Waals surface area contributed by atoms with Crippen LogP contribution >= 0.6 is 0 Å². The molecule has 0 heterocycles. The Morgan fingerprint density at radius 3 is 2.83 bits per heavy atom. The van der Waals surface area contributed by atoms with Crippen molar-refractivity contribution in [2.75, 3.05) is 7.11 Å². The molecule has 0 aromatic heterocycles. The summed E-state index contributed by atoms with van der Waals surface area (Å²) < 4.78 is 18.7. The molecule has 1 aromatic carbocycles. The molecule has 0 spiro atoms. The average molecular weight is 252 g/mol. The number of ether oxygens (including phenoxy) is 1. The van der Waals surface area contributed by atoms with Gasteiger partial charge in [0.15, 0.2) is 0 Å². The van der Waals surface area contributed by atoms with Gasteiger partial charge in [0, 0.05) is 0 Å². The molecule has 0 aliphatic heterocycles. The smallest absolute Gasteiger partial charge is 0.132 e. The number of benzene rings is 1. The van der Waals surface area contributed by atoms with Gasteiger partial charge in [-0.25, -0.2) is 4.39 Å². The first-order valence-electron chi connectivity index (χ1n) is 6.32. The van der Waals surface area contributed by atoms with E-state index < -0.39 is 11.9 Å². The van der Waals surface area contributed by atoms with Crippen LogP contribution in [0.4, 0.5) is 4.39 Å². The van der Waals surface area contributed by atoms with Crippen LogP contribution in [0.15, 0.2) is 30.9 Å². The number of methoxy groups -OCH3 is 1. The lowest BCUT2D eigenvalue weighted by atomic mass is 10.0. The number of hydrogen-bond acceptors (Lipinski definition) is 2. The fourth-order valence-corrected chi connectivity index (χ4v) is 1.97. The molecule has 1 atom stereocenters. The van der Waals surface area contributed by atoms with E-state index in [2.05, 4.69) is 6.58 Å². The van der Waals surface area contributed by atoms with E-state index in [1.54, 1.807) is 12.1 Å². The maximum absolute atomic E-state index is 13.7. The maximum atomic E-state index is 13.7. The normalized spacial score (nSPS) is 12.2. The van der Waals surface area contributed by atoms with Crippen molar-refractivity contribution < 1.29 is 14.2 Å². The van der Waals surface area contributed by atoms with Crippen molar-refractivity contribution in [2.24, 2.45) is 0 Å².